The zero-order valence-electron chi connectivity index (χ0n) is 27.0. The molecule has 266 valence electrons. The number of benzene rings is 3. The van der Waals surface area contributed by atoms with Crippen molar-refractivity contribution in [2.75, 3.05) is 29.3 Å². The van der Waals surface area contributed by atoms with Gasteiger partial charge in [0.05, 0.1) is 38.2 Å². The molecule has 0 saturated heterocycles. The zero-order chi connectivity index (χ0) is 37.1. The van der Waals surface area contributed by atoms with E-state index < -0.39 is 67.7 Å². The molecule has 0 atom stereocenters. The van der Waals surface area contributed by atoms with Crippen LogP contribution in [0.25, 0.3) is 10.8 Å². The van der Waals surface area contributed by atoms with Crippen LogP contribution in [0.15, 0.2) is 97.2 Å². The smallest absolute Gasteiger partial charge is 0.296 e. The highest BCUT2D eigenvalue weighted by molar-refractivity contribution is 7.86. The summed E-state index contributed by atoms with van der Waals surface area (Å²) in [4.78, 5) is 42.7. The van der Waals surface area contributed by atoms with E-state index in [0.717, 1.165) is 37.6 Å². The number of anilines is 3. The van der Waals surface area contributed by atoms with Crippen molar-refractivity contribution in [2.24, 2.45) is 10.8 Å². The monoisotopic (exact) mass is 735 g/mol. The van der Waals surface area contributed by atoms with Crippen molar-refractivity contribution < 1.29 is 30.7 Å². The molecule has 18 heteroatoms. The first kappa shape index (κ1) is 36.7. The quantitative estimate of drug-likeness (QED) is 0.0299. The molecule has 0 unspecified atom stereocenters. The number of unbranched alkanes of at least 4 members (excludes halogenated alkanes) is 2. The van der Waals surface area contributed by atoms with Gasteiger partial charge < -0.3 is 15.8 Å². The lowest BCUT2D eigenvalue weighted by Crippen LogP contribution is -2.32. The maximum atomic E-state index is 13.6. The number of rotatable bonds is 13. The van der Waals surface area contributed by atoms with Crippen LogP contribution < -0.4 is 48.6 Å². The Balaban J connectivity index is 1.47. The van der Waals surface area contributed by atoms with Crippen molar-refractivity contribution in [3.8, 4) is 0 Å². The third-order valence-electron chi connectivity index (χ3n) is 8.11. The fraction of sp³-hybridized carbons (Fsp3) is 0.182. The number of carbonyl (C=O) groups is 1. The van der Waals surface area contributed by atoms with Gasteiger partial charge in [-0.05, 0) is 61.4 Å². The highest BCUT2D eigenvalue weighted by atomic mass is 32.2. The molecular formula is C33H33N7O9S2. The van der Waals surface area contributed by atoms with Gasteiger partial charge in [-0.1, -0.05) is 30.7 Å². The van der Waals surface area contributed by atoms with Crippen molar-refractivity contribution in [3.05, 3.63) is 114 Å². The van der Waals surface area contributed by atoms with Crippen LogP contribution in [0, 0.1) is 15.8 Å². The van der Waals surface area contributed by atoms with Crippen LogP contribution in [0.1, 0.15) is 25.7 Å². The Hall–Kier alpha value is -5.53. The molecule has 5 rings (SSSR count). The van der Waals surface area contributed by atoms with Gasteiger partial charge in [-0.3, -0.25) is 34.3 Å². The third kappa shape index (κ3) is 8.11. The molecule has 2 aliphatic carbocycles. The summed E-state index contributed by atoms with van der Waals surface area (Å²) in [6, 6.07) is 17.3. The van der Waals surface area contributed by atoms with Crippen LogP contribution in [-0.2, 0) is 25.0 Å². The number of nitrogens with two attached hydrogens (primary N) is 1. The molecule has 0 radical (unpaired) electrons. The van der Waals surface area contributed by atoms with E-state index in [9.17, 15) is 40.3 Å². The fourth-order valence-corrected chi connectivity index (χ4v) is 6.79. The van der Waals surface area contributed by atoms with Crippen molar-refractivity contribution in [2.45, 2.75) is 35.5 Å². The largest absolute Gasteiger partial charge is 0.375 e. The van der Waals surface area contributed by atoms with Crippen molar-refractivity contribution in [1.29, 1.82) is 5.41 Å². The van der Waals surface area contributed by atoms with E-state index in [0.29, 0.717) is 18.2 Å². The predicted octanol–water partition coefficient (Wildman–Crippen LogP) is 1.79. The normalized spacial score (nSPS) is 12.3. The van der Waals surface area contributed by atoms with Crippen LogP contribution >= 0.6 is 0 Å². The summed E-state index contributed by atoms with van der Waals surface area (Å²) in [5, 5.41) is 5.70. The van der Waals surface area contributed by atoms with Gasteiger partial charge in [-0.15, -0.1) is 0 Å². The number of hydrazine groups is 2. The van der Waals surface area contributed by atoms with Gasteiger partial charge in [0, 0.05) is 36.5 Å². The molecule has 0 saturated carbocycles. The average molecular weight is 736 g/mol. The lowest BCUT2D eigenvalue weighted by Gasteiger charge is -2.20. The molecule has 0 spiro atoms. The van der Waals surface area contributed by atoms with Gasteiger partial charge in [0.1, 0.15) is 9.79 Å². The summed E-state index contributed by atoms with van der Waals surface area (Å²) in [5.41, 5.74) is 7.47. The maximum Gasteiger partial charge on any atom is 0.296 e. The fourth-order valence-electron chi connectivity index (χ4n) is 5.52. The van der Waals surface area contributed by atoms with E-state index in [2.05, 4.69) is 26.2 Å². The van der Waals surface area contributed by atoms with Crippen molar-refractivity contribution in [3.63, 3.8) is 0 Å². The van der Waals surface area contributed by atoms with Crippen LogP contribution in [0.5, 0.6) is 0 Å². The molecular weight excluding hydrogens is 703 g/mol. The molecule has 8 N–H and O–H groups in total. The molecule has 0 fully saturated rings. The Bertz CT molecular complexity index is 2660. The number of amides is 1. The Morgan fingerprint density at radius 1 is 0.804 bits per heavy atom. The van der Waals surface area contributed by atoms with Crippen molar-refractivity contribution in [1.82, 2.24) is 5.43 Å². The minimum absolute atomic E-state index is 0.0449. The molecule has 0 aromatic heterocycles. The van der Waals surface area contributed by atoms with E-state index in [4.69, 9.17) is 11.3 Å². The van der Waals surface area contributed by atoms with Gasteiger partial charge in [0.25, 0.3) is 20.2 Å². The van der Waals surface area contributed by atoms with Crippen LogP contribution in [0.3, 0.4) is 0 Å². The van der Waals surface area contributed by atoms with E-state index in [-0.39, 0.29) is 22.4 Å². The minimum Gasteiger partial charge on any atom is -0.375 e. The summed E-state index contributed by atoms with van der Waals surface area (Å²) in [7, 11) is -8.16. The Kier molecular flexibility index (Phi) is 10.6. The zero-order valence-corrected chi connectivity index (χ0v) is 28.6. The second-order valence-electron chi connectivity index (χ2n) is 11.6. The second kappa shape index (κ2) is 14.8. The van der Waals surface area contributed by atoms with Gasteiger partial charge in [-0.2, -0.15) is 16.8 Å². The Morgan fingerprint density at radius 2 is 1.39 bits per heavy atom. The lowest BCUT2D eigenvalue weighted by molar-refractivity contribution is -0.121. The Morgan fingerprint density at radius 3 is 2.00 bits per heavy atom. The summed E-state index contributed by atoms with van der Waals surface area (Å²) in [6.07, 6.45) is 2.83. The van der Waals surface area contributed by atoms with Crippen LogP contribution in [-0.4, -0.2) is 45.4 Å². The first-order chi connectivity index (χ1) is 24.1. The van der Waals surface area contributed by atoms with Crippen molar-refractivity contribution >= 4 is 59.7 Å². The molecule has 0 bridgehead atoms. The van der Waals surface area contributed by atoms with E-state index in [1.807, 2.05) is 19.2 Å². The molecule has 0 heterocycles. The number of hydrogen-bond donors (Lipinski definition) is 7. The molecule has 0 aliphatic heterocycles. The summed E-state index contributed by atoms with van der Waals surface area (Å²) in [5.74, 6) is 4.89. The molecule has 51 heavy (non-hydrogen) atoms. The van der Waals surface area contributed by atoms with E-state index in [1.165, 1.54) is 36.4 Å². The molecule has 3 aromatic carbocycles. The van der Waals surface area contributed by atoms with E-state index >= 15 is 0 Å². The molecule has 1 amide bonds. The van der Waals surface area contributed by atoms with Crippen LogP contribution in [0.2, 0.25) is 0 Å². The Labute approximate surface area is 290 Å². The van der Waals surface area contributed by atoms with Gasteiger partial charge >= 0.3 is 0 Å². The van der Waals surface area contributed by atoms with Gasteiger partial charge in [0.2, 0.25) is 5.91 Å². The maximum absolute atomic E-state index is 13.6. The third-order valence-corrected chi connectivity index (χ3v) is 9.88. The number of carbonyl (C=O) groups excluding carboxylic acids is 1. The standard InChI is InChI=1S/C33H33N7O9S2/c1-40(16-6-2-3-9-28(41)37-35)21-13-10-19(11-14-21)38-39-20-12-15-24(26(17-20)50(44,45)46)36-25-18-27(51(47,48)49)31(34)30-29(25)32(42)22-7-4-5-8-23(22)33(30)43/h4-5,7-8,10-15,17-18,34,38-39H,2-3,6,9,16,35H2,1H3,(H,37,41)(H,44,45,46)(H,47,48,49). The number of fused-ring (bicyclic) bond motifs is 1. The summed E-state index contributed by atoms with van der Waals surface area (Å²) >= 11 is 0. The minimum atomic E-state index is -5.11. The highest BCUT2D eigenvalue weighted by Crippen LogP contribution is 2.28. The van der Waals surface area contributed by atoms with Gasteiger partial charge in [-0.25, -0.2) is 10.8 Å². The molecule has 3 aromatic rings. The molecule has 16 nitrogen and oxygen atoms in total. The predicted molar refractivity (Wildman–Crippen MR) is 189 cm³/mol. The number of nitrogens with one attached hydrogen (secondary N) is 4. The lowest BCUT2D eigenvalue weighted by atomic mass is 10.0. The summed E-state index contributed by atoms with van der Waals surface area (Å²) < 4.78 is 69.4. The van der Waals surface area contributed by atoms with Gasteiger partial charge in [0.15, 0.2) is 10.9 Å². The second-order valence-corrected chi connectivity index (χ2v) is 14.3. The number of nitrogens with zero attached hydrogens (tertiary/aromatic N) is 2. The van der Waals surface area contributed by atoms with E-state index in [1.54, 1.807) is 12.1 Å². The average Bonchev–Trinajstić information content (AvgIpc) is 3.09. The first-order valence-corrected chi connectivity index (χ1v) is 18.2. The first-order valence-electron chi connectivity index (χ1n) is 15.3. The summed E-state index contributed by atoms with van der Waals surface area (Å²) in [6.45, 7) is 0.760. The molecule has 2 aliphatic rings. The highest BCUT2D eigenvalue weighted by Gasteiger charge is 2.21. The van der Waals surface area contributed by atoms with Crippen LogP contribution in [0.4, 0.5) is 22.7 Å². The SMILES string of the molecule is CN(CCCCCC(=O)NN)c1ccc(NNc2ccc(N=c3cc(S(=O)(=O)O)c(=N)c4c(=O)c5ccccc5c(=O)c3=4)c(S(=O)(=O)O)c2)cc1. The topological polar surface area (TPSA) is 262 Å². The number of hydrogen-bond acceptors (Lipinski definition) is 13.